The lowest BCUT2D eigenvalue weighted by Crippen LogP contribution is -2.05. The number of aromatic nitrogens is 3. The summed E-state index contributed by atoms with van der Waals surface area (Å²) in [6, 6.07) is -0.835. The Bertz CT molecular complexity index is 651. The summed E-state index contributed by atoms with van der Waals surface area (Å²) in [5, 5.41) is -0.993. The fourth-order valence-electron chi connectivity index (χ4n) is 1.12. The van der Waals surface area contributed by atoms with E-state index in [1.165, 1.54) is 0 Å². The zero-order chi connectivity index (χ0) is 15.0. The molecule has 0 atom stereocenters. The van der Waals surface area contributed by atoms with Gasteiger partial charge in [0.2, 0.25) is 45.4 Å². The third-order valence-corrected chi connectivity index (χ3v) is 2.26. The van der Waals surface area contributed by atoms with E-state index in [1.54, 1.807) is 0 Å². The molecule has 1 aromatic carbocycles. The van der Waals surface area contributed by atoms with Crippen molar-refractivity contribution in [3.63, 3.8) is 0 Å². The summed E-state index contributed by atoms with van der Waals surface area (Å²) >= 11 is 10.7. The Morgan fingerprint density at radius 2 is 1.05 bits per heavy atom. The lowest BCUT2D eigenvalue weighted by Gasteiger charge is -2.08. The van der Waals surface area contributed by atoms with Gasteiger partial charge >= 0.3 is 6.01 Å². The van der Waals surface area contributed by atoms with Crippen molar-refractivity contribution >= 4 is 23.2 Å². The fourth-order valence-corrected chi connectivity index (χ4v) is 1.47. The molecular formula is C9Cl2F5N3O. The monoisotopic (exact) mass is 331 g/mol. The molecule has 2 rings (SSSR count). The van der Waals surface area contributed by atoms with Gasteiger partial charge in [-0.1, -0.05) is 0 Å². The van der Waals surface area contributed by atoms with Gasteiger partial charge in [-0.15, -0.1) is 0 Å². The van der Waals surface area contributed by atoms with E-state index in [2.05, 4.69) is 19.7 Å². The maximum atomic E-state index is 13.3. The molecule has 106 valence electrons. The van der Waals surface area contributed by atoms with Crippen LogP contribution in [0.15, 0.2) is 0 Å². The molecule has 0 aliphatic carbocycles. The molecular weight excluding hydrogens is 332 g/mol. The molecule has 0 aliphatic heterocycles. The van der Waals surface area contributed by atoms with E-state index in [4.69, 9.17) is 23.2 Å². The number of halogens is 7. The third kappa shape index (κ3) is 2.59. The highest BCUT2D eigenvalue weighted by molar-refractivity contribution is 6.31. The standard InChI is InChI=1S/C9Cl2F5N3O/c10-7-17-8(11)19-9(18-7)20-6-4(15)2(13)1(12)3(14)5(6)16. The molecule has 0 bridgehead atoms. The van der Waals surface area contributed by atoms with Crippen LogP contribution in [0.1, 0.15) is 0 Å². The first kappa shape index (κ1) is 14.7. The van der Waals surface area contributed by atoms with Crippen LogP contribution in [-0.2, 0) is 0 Å². The molecule has 0 aliphatic rings. The number of hydrogen-bond donors (Lipinski definition) is 0. The van der Waals surface area contributed by atoms with Gasteiger partial charge in [0, 0.05) is 0 Å². The highest BCUT2D eigenvalue weighted by atomic mass is 35.5. The lowest BCUT2D eigenvalue weighted by molar-refractivity contribution is 0.322. The summed E-state index contributed by atoms with van der Waals surface area (Å²) in [4.78, 5) is 9.82. The van der Waals surface area contributed by atoms with E-state index in [-0.39, 0.29) is 0 Å². The van der Waals surface area contributed by atoms with Gasteiger partial charge in [0.15, 0.2) is 0 Å². The first-order chi connectivity index (χ1) is 9.31. The van der Waals surface area contributed by atoms with Gasteiger partial charge in [0.05, 0.1) is 0 Å². The van der Waals surface area contributed by atoms with Gasteiger partial charge in [0.1, 0.15) is 0 Å². The van der Waals surface area contributed by atoms with Crippen molar-refractivity contribution in [1.29, 1.82) is 0 Å². The minimum absolute atomic E-state index is 0.496. The Labute approximate surface area is 117 Å². The second kappa shape index (κ2) is 5.33. The minimum Gasteiger partial charge on any atom is -0.418 e. The van der Waals surface area contributed by atoms with E-state index < -0.39 is 51.4 Å². The molecule has 0 unspecified atom stereocenters. The van der Waals surface area contributed by atoms with Crippen molar-refractivity contribution < 1.29 is 26.7 Å². The quantitative estimate of drug-likeness (QED) is 0.478. The van der Waals surface area contributed by atoms with Gasteiger partial charge < -0.3 is 4.74 Å². The number of benzene rings is 1. The van der Waals surface area contributed by atoms with Crippen molar-refractivity contribution in [2.45, 2.75) is 0 Å². The molecule has 0 spiro atoms. The topological polar surface area (TPSA) is 47.9 Å². The van der Waals surface area contributed by atoms with Crippen LogP contribution in [0.4, 0.5) is 22.0 Å². The molecule has 0 saturated heterocycles. The van der Waals surface area contributed by atoms with Crippen molar-refractivity contribution in [3.05, 3.63) is 39.7 Å². The number of rotatable bonds is 2. The summed E-state index contributed by atoms with van der Waals surface area (Å²) in [6.45, 7) is 0. The summed E-state index contributed by atoms with van der Waals surface area (Å²) < 4.78 is 69.6. The molecule has 0 fully saturated rings. The van der Waals surface area contributed by atoms with E-state index in [9.17, 15) is 22.0 Å². The Morgan fingerprint density at radius 1 is 0.650 bits per heavy atom. The molecule has 4 nitrogen and oxygen atoms in total. The average molecular weight is 332 g/mol. The van der Waals surface area contributed by atoms with Crippen LogP contribution in [0.2, 0.25) is 10.6 Å². The predicted molar refractivity (Wildman–Crippen MR) is 56.2 cm³/mol. The molecule has 0 amide bonds. The second-order valence-corrected chi connectivity index (χ2v) is 3.83. The van der Waals surface area contributed by atoms with Gasteiger partial charge in [-0.3, -0.25) is 0 Å². The van der Waals surface area contributed by atoms with Crippen LogP contribution >= 0.6 is 23.2 Å². The van der Waals surface area contributed by atoms with Gasteiger partial charge in [-0.2, -0.15) is 23.7 Å². The van der Waals surface area contributed by atoms with Crippen LogP contribution in [0.3, 0.4) is 0 Å². The molecule has 0 saturated carbocycles. The van der Waals surface area contributed by atoms with Gasteiger partial charge in [0.25, 0.3) is 0 Å². The highest BCUT2D eigenvalue weighted by Crippen LogP contribution is 2.31. The summed E-state index contributed by atoms with van der Waals surface area (Å²) in [7, 11) is 0. The first-order valence-electron chi connectivity index (χ1n) is 4.57. The normalized spacial score (nSPS) is 10.8. The largest absolute Gasteiger partial charge is 0.418 e. The van der Waals surface area contributed by atoms with Crippen LogP contribution in [0.25, 0.3) is 0 Å². The summed E-state index contributed by atoms with van der Waals surface area (Å²) in [5.74, 6) is -12.6. The SMILES string of the molecule is Fc1c(F)c(F)c(Oc2nc(Cl)nc(Cl)n2)c(F)c1F. The van der Waals surface area contributed by atoms with Crippen molar-refractivity contribution in [2.75, 3.05) is 0 Å². The van der Waals surface area contributed by atoms with E-state index in [0.717, 1.165) is 0 Å². The fraction of sp³-hybridized carbons (Fsp3) is 0. The van der Waals surface area contributed by atoms with Gasteiger partial charge in [-0.25, -0.2) is 13.2 Å². The smallest absolute Gasteiger partial charge is 0.327 e. The average Bonchev–Trinajstić information content (AvgIpc) is 2.38. The maximum absolute atomic E-state index is 13.3. The zero-order valence-corrected chi connectivity index (χ0v) is 10.4. The summed E-state index contributed by atoms with van der Waals surface area (Å²) in [5.41, 5.74) is 0. The van der Waals surface area contributed by atoms with Crippen LogP contribution in [0.5, 0.6) is 11.8 Å². The van der Waals surface area contributed by atoms with E-state index in [1.807, 2.05) is 0 Å². The van der Waals surface area contributed by atoms with Crippen LogP contribution in [-0.4, -0.2) is 15.0 Å². The number of ether oxygens (including phenoxy) is 1. The van der Waals surface area contributed by atoms with Crippen molar-refractivity contribution in [2.24, 2.45) is 0 Å². The number of nitrogens with zero attached hydrogens (tertiary/aromatic N) is 3. The molecule has 2 aromatic rings. The Kier molecular flexibility index (Phi) is 3.91. The lowest BCUT2D eigenvalue weighted by atomic mass is 10.2. The molecule has 0 N–H and O–H groups in total. The Balaban J connectivity index is 2.54. The predicted octanol–water partition coefficient (Wildman–Crippen LogP) is 3.67. The van der Waals surface area contributed by atoms with Crippen molar-refractivity contribution in [1.82, 2.24) is 15.0 Å². The van der Waals surface area contributed by atoms with Crippen molar-refractivity contribution in [3.8, 4) is 11.8 Å². The third-order valence-electron chi connectivity index (χ3n) is 1.92. The Hall–Kier alpha value is -1.74. The highest BCUT2D eigenvalue weighted by Gasteiger charge is 2.28. The van der Waals surface area contributed by atoms with Crippen LogP contribution < -0.4 is 4.74 Å². The Morgan fingerprint density at radius 3 is 1.50 bits per heavy atom. The first-order valence-corrected chi connectivity index (χ1v) is 5.33. The maximum Gasteiger partial charge on any atom is 0.327 e. The van der Waals surface area contributed by atoms with E-state index in [0.29, 0.717) is 0 Å². The molecule has 1 heterocycles. The molecule has 11 heteroatoms. The molecule has 1 aromatic heterocycles. The van der Waals surface area contributed by atoms with Gasteiger partial charge in [-0.05, 0) is 23.2 Å². The van der Waals surface area contributed by atoms with E-state index >= 15 is 0 Å². The molecule has 0 radical (unpaired) electrons. The summed E-state index contributed by atoms with van der Waals surface area (Å²) in [6.07, 6.45) is 0. The zero-order valence-electron chi connectivity index (χ0n) is 8.90. The minimum atomic E-state index is -2.32. The van der Waals surface area contributed by atoms with Crippen LogP contribution in [0, 0.1) is 29.1 Å². The number of hydrogen-bond acceptors (Lipinski definition) is 4. The second-order valence-electron chi connectivity index (χ2n) is 3.16. The molecule has 20 heavy (non-hydrogen) atoms.